The van der Waals surface area contributed by atoms with Crippen LogP contribution in [0, 0.1) is 5.82 Å². The van der Waals surface area contributed by atoms with Gasteiger partial charge >= 0.3 is 185 Å². The fraction of sp³-hybridized carbons (Fsp3) is 0.0400. The third-order valence-corrected chi connectivity index (χ3v) is 6.98. The van der Waals surface area contributed by atoms with Crippen molar-refractivity contribution in [2.75, 3.05) is 0 Å². The zero-order valence-corrected chi connectivity index (χ0v) is 18.2. The van der Waals surface area contributed by atoms with Gasteiger partial charge in [0.25, 0.3) is 0 Å². The molecule has 2 aromatic heterocycles. The predicted octanol–water partition coefficient (Wildman–Crippen LogP) is 3.49. The average Bonchev–Trinajstić information content (AvgIpc) is 3.12. The Bertz CT molecular complexity index is 1340. The molecule has 0 amide bonds. The minimum absolute atomic E-state index is 0.120. The van der Waals surface area contributed by atoms with E-state index in [0.29, 0.717) is 17.8 Å². The summed E-state index contributed by atoms with van der Waals surface area (Å²) in [5.41, 5.74) is 4.02. The van der Waals surface area contributed by atoms with Crippen LogP contribution >= 0.6 is 0 Å². The second kappa shape index (κ2) is 8.34. The van der Waals surface area contributed by atoms with E-state index >= 15 is 0 Å². The third-order valence-electron chi connectivity index (χ3n) is 4.93. The number of rotatable bonds is 5. The summed E-state index contributed by atoms with van der Waals surface area (Å²) in [6.45, 7) is 0. The first-order chi connectivity index (χ1) is 15.2. The van der Waals surface area contributed by atoms with E-state index in [1.807, 2.05) is 66.9 Å². The number of imidazole rings is 1. The molecule has 0 bridgehead atoms. The van der Waals surface area contributed by atoms with Crippen LogP contribution < -0.4 is 9.05 Å². The van der Waals surface area contributed by atoms with Gasteiger partial charge in [-0.05, 0) is 0 Å². The molecule has 152 valence electrons. The van der Waals surface area contributed by atoms with Crippen LogP contribution in [0.15, 0.2) is 91.1 Å². The molecule has 0 saturated heterocycles. The average molecular weight is 474 g/mol. The van der Waals surface area contributed by atoms with Crippen LogP contribution in [0.3, 0.4) is 0 Å². The van der Waals surface area contributed by atoms with Gasteiger partial charge in [-0.2, -0.15) is 0 Å². The molecule has 0 fully saturated rings. The molecule has 4 nitrogen and oxygen atoms in total. The summed E-state index contributed by atoms with van der Waals surface area (Å²) in [4.78, 5) is 9.64. The number of fused-ring (bicyclic) bond motifs is 1. The summed E-state index contributed by atoms with van der Waals surface area (Å²) in [7, 11) is 0. The van der Waals surface area contributed by atoms with Gasteiger partial charge in [-0.3, -0.25) is 0 Å². The van der Waals surface area contributed by atoms with E-state index < -0.39 is 0 Å². The van der Waals surface area contributed by atoms with Gasteiger partial charge in [-0.1, -0.05) is 0 Å². The van der Waals surface area contributed by atoms with Crippen LogP contribution in [0.1, 0.15) is 11.3 Å². The van der Waals surface area contributed by atoms with Gasteiger partial charge in [-0.15, -0.1) is 0 Å². The van der Waals surface area contributed by atoms with Crippen molar-refractivity contribution < 1.29 is 9.50 Å². The van der Waals surface area contributed by atoms with Crippen molar-refractivity contribution in [1.29, 1.82) is 0 Å². The molecule has 0 aliphatic rings. The third kappa shape index (κ3) is 4.08. The van der Waals surface area contributed by atoms with Crippen LogP contribution in [0.25, 0.3) is 16.9 Å². The van der Waals surface area contributed by atoms with E-state index in [4.69, 9.17) is 9.97 Å². The maximum absolute atomic E-state index is 13.4. The number of aromatic nitrogens is 3. The Morgan fingerprint density at radius 3 is 2.23 bits per heavy atom. The fourth-order valence-electron chi connectivity index (χ4n) is 3.39. The van der Waals surface area contributed by atoms with Crippen LogP contribution in [-0.2, 0) is 6.42 Å². The fourth-order valence-corrected chi connectivity index (χ4v) is 5.23. The molecule has 0 unspecified atom stereocenters. The number of halogens is 1. The number of aromatic hydroxyl groups is 1. The Morgan fingerprint density at radius 2 is 1.52 bits per heavy atom. The van der Waals surface area contributed by atoms with Gasteiger partial charge in [-0.25, -0.2) is 0 Å². The Hall–Kier alpha value is -3.47. The van der Waals surface area contributed by atoms with Crippen molar-refractivity contribution in [3.8, 4) is 17.1 Å². The molecule has 0 aliphatic carbocycles. The predicted molar refractivity (Wildman–Crippen MR) is 121 cm³/mol. The van der Waals surface area contributed by atoms with Gasteiger partial charge in [0.05, 0.1) is 0 Å². The quantitative estimate of drug-likeness (QED) is 0.397. The molecule has 31 heavy (non-hydrogen) atoms. The first-order valence-electron chi connectivity index (χ1n) is 9.81. The van der Waals surface area contributed by atoms with Crippen LogP contribution in [0.4, 0.5) is 4.39 Å². The van der Waals surface area contributed by atoms with Gasteiger partial charge < -0.3 is 0 Å². The number of hydrogen-bond donors (Lipinski definition) is 1. The van der Waals surface area contributed by atoms with E-state index in [0.717, 1.165) is 25.9 Å². The van der Waals surface area contributed by atoms with Crippen LogP contribution in [0.2, 0.25) is 0 Å². The second-order valence-electron chi connectivity index (χ2n) is 7.09. The van der Waals surface area contributed by atoms with E-state index in [2.05, 4.69) is 0 Å². The van der Waals surface area contributed by atoms with E-state index in [-0.39, 0.29) is 26.7 Å². The SMILES string of the molecule is Oc1c(Cc2ccccc2)nc2c([Se]c3ccc(F)cc3)nc(-c3ccccc3)cn12. The summed E-state index contributed by atoms with van der Waals surface area (Å²) < 4.78 is 16.9. The first kappa shape index (κ1) is 19.5. The van der Waals surface area contributed by atoms with Gasteiger partial charge in [0.1, 0.15) is 0 Å². The maximum atomic E-state index is 13.4. The van der Waals surface area contributed by atoms with Crippen molar-refractivity contribution >= 4 is 29.7 Å². The molecular weight excluding hydrogens is 456 g/mol. The molecule has 6 heteroatoms. The molecule has 0 saturated carbocycles. The molecule has 0 aliphatic heterocycles. The van der Waals surface area contributed by atoms with Crippen molar-refractivity contribution in [1.82, 2.24) is 14.4 Å². The van der Waals surface area contributed by atoms with Crippen molar-refractivity contribution in [3.63, 3.8) is 0 Å². The summed E-state index contributed by atoms with van der Waals surface area (Å²) in [6.07, 6.45) is 2.35. The Labute approximate surface area is 185 Å². The standard InChI is InChI=1S/C25H18FN3OSe/c26-19-11-13-20(14-12-19)31-24-23-27-21(15-17-7-3-1-4-8-17)25(30)29(23)16-22(28-24)18-9-5-2-6-10-18/h1-14,16,30H,15H2. The summed E-state index contributed by atoms with van der Waals surface area (Å²) in [6, 6.07) is 26.3. The van der Waals surface area contributed by atoms with Gasteiger partial charge in [0, 0.05) is 0 Å². The number of nitrogens with zero attached hydrogens (tertiary/aromatic N) is 3. The second-order valence-corrected chi connectivity index (χ2v) is 9.32. The molecular formula is C25H18FN3OSe. The van der Waals surface area contributed by atoms with Crippen molar-refractivity contribution in [2.45, 2.75) is 6.42 Å². The molecule has 1 N–H and O–H groups in total. The first-order valence-corrected chi connectivity index (χ1v) is 11.5. The van der Waals surface area contributed by atoms with Crippen molar-refractivity contribution in [3.05, 3.63) is 108 Å². The van der Waals surface area contributed by atoms with E-state index in [1.165, 1.54) is 12.1 Å². The molecule has 2 heterocycles. The van der Waals surface area contributed by atoms with Gasteiger partial charge in [0.2, 0.25) is 0 Å². The summed E-state index contributed by atoms with van der Waals surface area (Å²) >= 11 is -0.207. The normalized spacial score (nSPS) is 11.1. The zero-order chi connectivity index (χ0) is 21.2. The monoisotopic (exact) mass is 475 g/mol. The zero-order valence-electron chi connectivity index (χ0n) is 16.4. The Morgan fingerprint density at radius 1 is 0.839 bits per heavy atom. The van der Waals surface area contributed by atoms with Gasteiger partial charge in [0.15, 0.2) is 0 Å². The minimum atomic E-state index is -0.265. The van der Waals surface area contributed by atoms with E-state index in [1.54, 1.807) is 16.5 Å². The Balaban J connectivity index is 1.64. The summed E-state index contributed by atoms with van der Waals surface area (Å²) in [5, 5.41) is 11.0. The molecule has 3 aromatic carbocycles. The molecule has 0 spiro atoms. The molecule has 5 rings (SSSR count). The van der Waals surface area contributed by atoms with Crippen molar-refractivity contribution in [2.24, 2.45) is 0 Å². The Kier molecular flexibility index (Phi) is 5.24. The number of benzene rings is 3. The molecule has 0 atom stereocenters. The molecule has 5 aromatic rings. The summed E-state index contributed by atoms with van der Waals surface area (Å²) in [5.74, 6) is -0.145. The topological polar surface area (TPSA) is 50.4 Å². The van der Waals surface area contributed by atoms with Crippen LogP contribution in [0.5, 0.6) is 5.88 Å². The van der Waals surface area contributed by atoms with E-state index in [9.17, 15) is 9.50 Å². The number of hydrogen-bond acceptors (Lipinski definition) is 3. The molecule has 0 radical (unpaired) electrons. The van der Waals surface area contributed by atoms with Crippen LogP contribution in [-0.4, -0.2) is 34.4 Å².